The van der Waals surface area contributed by atoms with E-state index >= 15 is 0 Å². The molecule has 0 aliphatic rings. The van der Waals surface area contributed by atoms with Crippen LogP contribution in [0.1, 0.15) is 17.3 Å². The number of ether oxygens (including phenoxy) is 2. The molecule has 2 heterocycles. The SMILES string of the molecule is COc1cccc(OCc2nnc(SCc3cc(C)no3)n2N)c1. The zero-order valence-corrected chi connectivity index (χ0v) is 14.1. The molecule has 9 heteroatoms. The van der Waals surface area contributed by atoms with E-state index in [-0.39, 0.29) is 6.61 Å². The molecule has 126 valence electrons. The standard InChI is InChI=1S/C15H17N5O3S/c1-10-6-13(23-19-10)9-24-15-18-17-14(20(15)16)8-22-12-5-3-4-11(7-12)21-2/h3-7H,8-9,16H2,1-2H3. The number of aryl methyl sites for hydroxylation is 1. The molecular weight excluding hydrogens is 330 g/mol. The fourth-order valence-electron chi connectivity index (χ4n) is 1.96. The van der Waals surface area contributed by atoms with Crippen LogP contribution in [0.5, 0.6) is 11.5 Å². The van der Waals surface area contributed by atoms with E-state index in [4.69, 9.17) is 19.8 Å². The molecule has 24 heavy (non-hydrogen) atoms. The molecule has 0 saturated carbocycles. The Morgan fingerprint density at radius 2 is 2.08 bits per heavy atom. The second kappa shape index (κ2) is 7.26. The first-order valence-electron chi connectivity index (χ1n) is 7.17. The van der Waals surface area contributed by atoms with Gasteiger partial charge in [-0.15, -0.1) is 10.2 Å². The monoisotopic (exact) mass is 347 g/mol. The van der Waals surface area contributed by atoms with Gasteiger partial charge >= 0.3 is 0 Å². The number of nitrogens with zero attached hydrogens (tertiary/aromatic N) is 4. The van der Waals surface area contributed by atoms with E-state index in [0.29, 0.717) is 22.5 Å². The van der Waals surface area contributed by atoms with Gasteiger partial charge in [0, 0.05) is 12.1 Å². The summed E-state index contributed by atoms with van der Waals surface area (Å²) < 4.78 is 17.4. The minimum absolute atomic E-state index is 0.207. The second-order valence-electron chi connectivity index (χ2n) is 4.96. The molecule has 0 spiro atoms. The van der Waals surface area contributed by atoms with E-state index in [0.717, 1.165) is 17.2 Å². The van der Waals surface area contributed by atoms with Crippen LogP contribution in [0.15, 0.2) is 40.0 Å². The normalized spacial score (nSPS) is 10.8. The summed E-state index contributed by atoms with van der Waals surface area (Å²) in [5.41, 5.74) is 0.840. The van der Waals surface area contributed by atoms with E-state index in [2.05, 4.69) is 15.4 Å². The number of aromatic nitrogens is 4. The van der Waals surface area contributed by atoms with E-state index in [1.807, 2.05) is 31.2 Å². The van der Waals surface area contributed by atoms with Gasteiger partial charge in [-0.1, -0.05) is 23.0 Å². The average Bonchev–Trinajstić information content (AvgIpc) is 3.17. The van der Waals surface area contributed by atoms with Crippen LogP contribution in [-0.4, -0.2) is 27.1 Å². The number of hydrogen-bond acceptors (Lipinski definition) is 8. The van der Waals surface area contributed by atoms with Crippen molar-refractivity contribution in [2.75, 3.05) is 13.0 Å². The maximum Gasteiger partial charge on any atom is 0.210 e. The summed E-state index contributed by atoms with van der Waals surface area (Å²) in [7, 11) is 1.61. The third-order valence-electron chi connectivity index (χ3n) is 3.16. The lowest BCUT2D eigenvalue weighted by molar-refractivity contribution is 0.289. The highest BCUT2D eigenvalue weighted by Crippen LogP contribution is 2.22. The quantitative estimate of drug-likeness (QED) is 0.512. The smallest absolute Gasteiger partial charge is 0.210 e. The Morgan fingerprint density at radius 1 is 1.25 bits per heavy atom. The van der Waals surface area contributed by atoms with Crippen molar-refractivity contribution in [1.29, 1.82) is 0 Å². The van der Waals surface area contributed by atoms with Crippen molar-refractivity contribution in [3.05, 3.63) is 47.6 Å². The highest BCUT2D eigenvalue weighted by molar-refractivity contribution is 7.98. The number of rotatable bonds is 7. The molecule has 3 aromatic rings. The summed E-state index contributed by atoms with van der Waals surface area (Å²) in [6.45, 7) is 2.08. The molecule has 0 fully saturated rings. The van der Waals surface area contributed by atoms with Crippen LogP contribution < -0.4 is 15.3 Å². The number of benzene rings is 1. The fourth-order valence-corrected chi connectivity index (χ4v) is 2.71. The van der Waals surface area contributed by atoms with Crippen LogP contribution in [0.2, 0.25) is 0 Å². The van der Waals surface area contributed by atoms with Gasteiger partial charge in [-0.3, -0.25) is 0 Å². The lowest BCUT2D eigenvalue weighted by Crippen LogP contribution is -2.15. The van der Waals surface area contributed by atoms with Crippen molar-refractivity contribution in [2.24, 2.45) is 0 Å². The molecular formula is C15H17N5O3S. The Kier molecular flexibility index (Phi) is 4.90. The second-order valence-corrected chi connectivity index (χ2v) is 5.90. The van der Waals surface area contributed by atoms with Crippen molar-refractivity contribution >= 4 is 11.8 Å². The molecule has 0 amide bonds. The Bertz CT molecular complexity index is 817. The molecule has 2 N–H and O–H groups in total. The zero-order chi connectivity index (χ0) is 16.9. The van der Waals surface area contributed by atoms with Gasteiger partial charge in [0.25, 0.3) is 0 Å². The average molecular weight is 347 g/mol. The van der Waals surface area contributed by atoms with Gasteiger partial charge in [0.15, 0.2) is 5.82 Å². The van der Waals surface area contributed by atoms with Crippen LogP contribution in [0.25, 0.3) is 0 Å². The van der Waals surface area contributed by atoms with Crippen molar-refractivity contribution in [2.45, 2.75) is 24.4 Å². The molecule has 0 saturated heterocycles. The van der Waals surface area contributed by atoms with Crippen molar-refractivity contribution in [3.63, 3.8) is 0 Å². The van der Waals surface area contributed by atoms with Gasteiger partial charge in [0.2, 0.25) is 5.16 Å². The number of hydrogen-bond donors (Lipinski definition) is 1. The van der Waals surface area contributed by atoms with Crippen LogP contribution in [0.3, 0.4) is 0 Å². The number of nitrogen functional groups attached to an aromatic ring is 1. The molecule has 1 aromatic carbocycles. The van der Waals surface area contributed by atoms with E-state index in [1.165, 1.54) is 16.4 Å². The van der Waals surface area contributed by atoms with Gasteiger partial charge in [-0.05, 0) is 19.1 Å². The molecule has 0 aliphatic carbocycles. The lowest BCUT2D eigenvalue weighted by Gasteiger charge is -2.07. The maximum atomic E-state index is 6.01. The van der Waals surface area contributed by atoms with Gasteiger partial charge in [0.1, 0.15) is 23.9 Å². The first-order chi connectivity index (χ1) is 11.7. The van der Waals surface area contributed by atoms with Gasteiger partial charge in [0.05, 0.1) is 18.6 Å². The van der Waals surface area contributed by atoms with Gasteiger partial charge in [-0.25, -0.2) is 4.68 Å². The van der Waals surface area contributed by atoms with Gasteiger partial charge in [-0.2, -0.15) is 0 Å². The van der Waals surface area contributed by atoms with Crippen molar-refractivity contribution < 1.29 is 14.0 Å². The minimum Gasteiger partial charge on any atom is -0.497 e. The highest BCUT2D eigenvalue weighted by Gasteiger charge is 2.12. The number of nitrogens with two attached hydrogens (primary N) is 1. The molecule has 8 nitrogen and oxygen atoms in total. The third kappa shape index (κ3) is 3.80. The van der Waals surface area contributed by atoms with Crippen LogP contribution >= 0.6 is 11.8 Å². The van der Waals surface area contributed by atoms with Crippen LogP contribution in [-0.2, 0) is 12.4 Å². The Labute approximate surface area is 142 Å². The van der Waals surface area contributed by atoms with Gasteiger partial charge < -0.3 is 19.8 Å². The minimum atomic E-state index is 0.207. The lowest BCUT2D eigenvalue weighted by atomic mass is 10.3. The summed E-state index contributed by atoms with van der Waals surface area (Å²) in [5.74, 6) is 9.26. The third-order valence-corrected chi connectivity index (χ3v) is 4.13. The fraction of sp³-hybridized carbons (Fsp3) is 0.267. The van der Waals surface area contributed by atoms with Crippen molar-refractivity contribution in [3.8, 4) is 11.5 Å². The maximum absolute atomic E-state index is 6.01. The van der Waals surface area contributed by atoms with E-state index in [9.17, 15) is 0 Å². The Balaban J connectivity index is 1.59. The summed E-state index contributed by atoms with van der Waals surface area (Å²) in [6.07, 6.45) is 0. The topological polar surface area (TPSA) is 101 Å². The molecule has 0 aliphatic heterocycles. The molecule has 0 unspecified atom stereocenters. The summed E-state index contributed by atoms with van der Waals surface area (Å²) in [6, 6.07) is 9.19. The first kappa shape index (κ1) is 16.2. The molecule has 0 bridgehead atoms. The largest absolute Gasteiger partial charge is 0.497 e. The Hall–Kier alpha value is -2.68. The van der Waals surface area contributed by atoms with E-state index < -0.39 is 0 Å². The number of methoxy groups -OCH3 is 1. The van der Waals surface area contributed by atoms with Crippen LogP contribution in [0.4, 0.5) is 0 Å². The predicted octanol–water partition coefficient (Wildman–Crippen LogP) is 2.17. The predicted molar refractivity (Wildman–Crippen MR) is 88.3 cm³/mol. The van der Waals surface area contributed by atoms with E-state index in [1.54, 1.807) is 13.2 Å². The highest BCUT2D eigenvalue weighted by atomic mass is 32.2. The zero-order valence-electron chi connectivity index (χ0n) is 13.3. The Morgan fingerprint density at radius 3 is 2.83 bits per heavy atom. The summed E-state index contributed by atoms with van der Waals surface area (Å²) in [4.78, 5) is 0. The molecule has 3 rings (SSSR count). The molecule has 0 atom stereocenters. The summed E-state index contributed by atoms with van der Waals surface area (Å²) >= 11 is 1.42. The number of thioether (sulfide) groups is 1. The first-order valence-corrected chi connectivity index (χ1v) is 8.15. The van der Waals surface area contributed by atoms with Crippen LogP contribution in [0, 0.1) is 6.92 Å². The van der Waals surface area contributed by atoms with Crippen molar-refractivity contribution in [1.82, 2.24) is 20.0 Å². The molecule has 2 aromatic heterocycles. The molecule has 0 radical (unpaired) electrons. The summed E-state index contributed by atoms with van der Waals surface area (Å²) in [5, 5.41) is 12.5.